The number of ether oxygens (including phenoxy) is 3. The lowest BCUT2D eigenvalue weighted by molar-refractivity contribution is -0.253. The summed E-state index contributed by atoms with van der Waals surface area (Å²) in [5.74, 6) is -0.470. The first-order valence-corrected chi connectivity index (χ1v) is 15.6. The van der Waals surface area contributed by atoms with Crippen LogP contribution in [0.1, 0.15) is 67.3 Å². The molecule has 0 saturated carbocycles. The molecule has 234 valence electrons. The normalized spacial score (nSPS) is 20.5. The number of aliphatic hydroxyl groups is 1. The van der Waals surface area contributed by atoms with E-state index in [1.807, 2.05) is 48.5 Å². The van der Waals surface area contributed by atoms with Crippen molar-refractivity contribution in [1.82, 2.24) is 15.5 Å². The van der Waals surface area contributed by atoms with Crippen molar-refractivity contribution in [1.29, 1.82) is 0 Å². The van der Waals surface area contributed by atoms with Gasteiger partial charge in [-0.05, 0) is 66.7 Å². The van der Waals surface area contributed by atoms with Crippen LogP contribution in [0.5, 0.6) is 0 Å². The highest BCUT2D eigenvalue weighted by molar-refractivity contribution is 5.80. The van der Waals surface area contributed by atoms with E-state index in [1.165, 1.54) is 19.3 Å². The minimum absolute atomic E-state index is 0.0212. The summed E-state index contributed by atoms with van der Waals surface area (Å²) in [6, 6.07) is 23.8. The number of nitrogens with zero attached hydrogens (tertiary/aromatic N) is 1. The van der Waals surface area contributed by atoms with Gasteiger partial charge in [0, 0.05) is 25.1 Å². The fraction of sp³-hybridized carbons (Fsp3) is 0.429. The van der Waals surface area contributed by atoms with E-state index >= 15 is 0 Å². The molecule has 2 aliphatic rings. The van der Waals surface area contributed by atoms with Gasteiger partial charge >= 0.3 is 12.0 Å². The Morgan fingerprint density at radius 1 is 0.886 bits per heavy atom. The average Bonchev–Trinajstić information content (AvgIpc) is 3.07. The lowest BCUT2D eigenvalue weighted by Crippen LogP contribution is -2.41. The third-order valence-corrected chi connectivity index (χ3v) is 8.12. The third-order valence-electron chi connectivity index (χ3n) is 8.12. The summed E-state index contributed by atoms with van der Waals surface area (Å²) in [5, 5.41) is 14.8. The van der Waals surface area contributed by atoms with Crippen LogP contribution in [0.3, 0.4) is 0 Å². The molecule has 3 aromatic rings. The van der Waals surface area contributed by atoms with E-state index in [-0.39, 0.29) is 32.0 Å². The molecule has 44 heavy (non-hydrogen) atoms. The first-order chi connectivity index (χ1) is 21.5. The fourth-order valence-corrected chi connectivity index (χ4v) is 5.77. The molecular weight excluding hydrogens is 558 g/mol. The molecule has 2 amide bonds. The number of carbonyl (C=O) groups is 2. The topological polar surface area (TPSA) is 109 Å². The first kappa shape index (κ1) is 31.7. The molecule has 0 aromatic heterocycles. The maximum absolute atomic E-state index is 12.1. The number of hydrogen-bond donors (Lipinski definition) is 3. The molecule has 2 saturated heterocycles. The summed E-state index contributed by atoms with van der Waals surface area (Å²) in [4.78, 5) is 26.0. The highest BCUT2D eigenvalue weighted by Gasteiger charge is 2.33. The van der Waals surface area contributed by atoms with Crippen molar-refractivity contribution in [3.8, 4) is 11.1 Å². The molecule has 9 nitrogen and oxygen atoms in total. The van der Waals surface area contributed by atoms with Crippen LogP contribution < -0.4 is 10.6 Å². The van der Waals surface area contributed by atoms with E-state index in [1.54, 1.807) is 6.92 Å². The molecule has 0 unspecified atom stereocenters. The van der Waals surface area contributed by atoms with Gasteiger partial charge in [-0.3, -0.25) is 4.79 Å². The molecule has 0 spiro atoms. The zero-order chi connectivity index (χ0) is 30.7. The highest BCUT2D eigenvalue weighted by atomic mass is 16.7. The highest BCUT2D eigenvalue weighted by Crippen LogP contribution is 2.39. The van der Waals surface area contributed by atoms with Crippen LogP contribution in [0.2, 0.25) is 0 Å². The van der Waals surface area contributed by atoms with Gasteiger partial charge in [-0.2, -0.15) is 0 Å². The number of piperidine rings is 1. The van der Waals surface area contributed by atoms with Gasteiger partial charge < -0.3 is 34.9 Å². The second-order valence-electron chi connectivity index (χ2n) is 11.4. The smallest absolute Gasteiger partial charge is 0.325 e. The number of carbonyl (C=O) groups excluding carboxylic acids is 2. The number of likely N-dealkylation sites (tertiary alicyclic amines) is 1. The number of aliphatic hydroxyl groups excluding tert-OH is 1. The predicted molar refractivity (Wildman–Crippen MR) is 167 cm³/mol. The van der Waals surface area contributed by atoms with Crippen LogP contribution in [0.25, 0.3) is 11.1 Å². The van der Waals surface area contributed by atoms with Crippen LogP contribution in [0.15, 0.2) is 72.8 Å². The van der Waals surface area contributed by atoms with Gasteiger partial charge in [-0.1, -0.05) is 73.2 Å². The lowest BCUT2D eigenvalue weighted by Gasteiger charge is -2.39. The molecule has 3 atom stereocenters. The number of hydrogen-bond acceptors (Lipinski definition) is 7. The Bertz CT molecular complexity index is 1360. The summed E-state index contributed by atoms with van der Waals surface area (Å²) in [6.45, 7) is 5.29. The summed E-state index contributed by atoms with van der Waals surface area (Å²) in [5.41, 5.74) is 5.94. The van der Waals surface area contributed by atoms with Gasteiger partial charge in [0.05, 0.1) is 25.4 Å². The molecule has 9 heteroatoms. The molecule has 2 heterocycles. The van der Waals surface area contributed by atoms with E-state index in [0.717, 1.165) is 59.4 Å². The van der Waals surface area contributed by atoms with Crippen molar-refractivity contribution in [2.75, 3.05) is 32.8 Å². The van der Waals surface area contributed by atoms with E-state index < -0.39 is 18.3 Å². The van der Waals surface area contributed by atoms with Crippen molar-refractivity contribution < 1.29 is 28.9 Å². The Hall–Kier alpha value is -3.76. The minimum atomic E-state index is -0.487. The van der Waals surface area contributed by atoms with Gasteiger partial charge in [0.1, 0.15) is 6.54 Å². The molecule has 0 bridgehead atoms. The molecule has 0 radical (unpaired) electrons. The van der Waals surface area contributed by atoms with Crippen LogP contribution in [0.4, 0.5) is 4.79 Å². The van der Waals surface area contributed by atoms with E-state index in [0.29, 0.717) is 6.54 Å². The Morgan fingerprint density at radius 2 is 1.64 bits per heavy atom. The molecule has 5 rings (SSSR count). The number of urea groups is 1. The molecule has 2 fully saturated rings. The van der Waals surface area contributed by atoms with Gasteiger partial charge in [0.25, 0.3) is 0 Å². The summed E-state index contributed by atoms with van der Waals surface area (Å²) >= 11 is 0. The van der Waals surface area contributed by atoms with Crippen molar-refractivity contribution >= 4 is 12.0 Å². The quantitative estimate of drug-likeness (QED) is 0.258. The van der Waals surface area contributed by atoms with Crippen molar-refractivity contribution in [3.05, 3.63) is 95.1 Å². The van der Waals surface area contributed by atoms with E-state index in [4.69, 9.17) is 14.2 Å². The van der Waals surface area contributed by atoms with Crippen LogP contribution in [-0.4, -0.2) is 60.9 Å². The number of benzene rings is 3. The van der Waals surface area contributed by atoms with Gasteiger partial charge in [0.2, 0.25) is 0 Å². The summed E-state index contributed by atoms with van der Waals surface area (Å²) in [6.07, 6.45) is 4.01. The second-order valence-corrected chi connectivity index (χ2v) is 11.4. The molecule has 3 N–H and O–H groups in total. The zero-order valence-electron chi connectivity index (χ0n) is 25.4. The van der Waals surface area contributed by atoms with Crippen LogP contribution in [0, 0.1) is 0 Å². The first-order valence-electron chi connectivity index (χ1n) is 15.6. The molecule has 3 aromatic carbocycles. The number of esters is 1. The van der Waals surface area contributed by atoms with Gasteiger partial charge in [-0.25, -0.2) is 4.79 Å². The van der Waals surface area contributed by atoms with Crippen LogP contribution in [-0.2, 0) is 32.2 Å². The maximum Gasteiger partial charge on any atom is 0.325 e. The van der Waals surface area contributed by atoms with E-state index in [2.05, 4.69) is 39.8 Å². The van der Waals surface area contributed by atoms with Crippen LogP contribution >= 0.6 is 0 Å². The van der Waals surface area contributed by atoms with E-state index in [9.17, 15) is 14.7 Å². The second kappa shape index (κ2) is 15.8. The van der Waals surface area contributed by atoms with Crippen molar-refractivity contribution in [2.24, 2.45) is 0 Å². The van der Waals surface area contributed by atoms with Crippen molar-refractivity contribution in [2.45, 2.75) is 64.3 Å². The predicted octanol–water partition coefficient (Wildman–Crippen LogP) is 5.24. The zero-order valence-corrected chi connectivity index (χ0v) is 25.4. The standard InChI is InChI=1S/C35H43N3O6/c1-2-42-33(40)22-37-35(41)36-21-26-7-6-8-30(19-26)27-13-15-29(16-14-27)34-43-31(23-38-17-4-3-5-18-38)20-32(44-34)28-11-9-25(24-39)10-12-28/h6-16,19,31-32,34,39H,2-5,17-18,20-24H2,1H3,(H2,36,37,41)/t31-,32+,34+/m1/s1. The largest absolute Gasteiger partial charge is 0.465 e. The number of nitrogens with one attached hydrogen (secondary N) is 2. The Labute approximate surface area is 259 Å². The Morgan fingerprint density at radius 3 is 2.36 bits per heavy atom. The monoisotopic (exact) mass is 601 g/mol. The molecule has 2 aliphatic heterocycles. The van der Waals surface area contributed by atoms with Gasteiger partial charge in [-0.15, -0.1) is 0 Å². The SMILES string of the molecule is CCOC(=O)CNC(=O)NCc1cccc(-c2ccc([C@H]3O[C@@H](CN4CCCCC4)C[C@@H](c4ccc(CO)cc4)O3)cc2)c1. The maximum atomic E-state index is 12.1. The summed E-state index contributed by atoms with van der Waals surface area (Å²) < 4.78 is 17.9. The van der Waals surface area contributed by atoms with Gasteiger partial charge in [0.15, 0.2) is 6.29 Å². The molecular formula is C35H43N3O6. The third kappa shape index (κ3) is 8.89. The number of amides is 2. The summed E-state index contributed by atoms with van der Waals surface area (Å²) in [7, 11) is 0. The van der Waals surface area contributed by atoms with Crippen molar-refractivity contribution in [3.63, 3.8) is 0 Å². The Kier molecular flexibility index (Phi) is 11.4. The number of rotatable bonds is 11. The molecule has 0 aliphatic carbocycles. The minimum Gasteiger partial charge on any atom is -0.465 e. The fourth-order valence-electron chi connectivity index (χ4n) is 5.77. The lowest BCUT2D eigenvalue weighted by atomic mass is 9.98. The Balaban J connectivity index is 1.24. The average molecular weight is 602 g/mol.